The fourth-order valence-electron chi connectivity index (χ4n) is 2.06. The Morgan fingerprint density at radius 3 is 2.44 bits per heavy atom. The molecule has 18 heavy (non-hydrogen) atoms. The van der Waals surface area contributed by atoms with E-state index < -0.39 is 0 Å². The van der Waals surface area contributed by atoms with Gasteiger partial charge in [0.15, 0.2) is 0 Å². The van der Waals surface area contributed by atoms with E-state index in [0.29, 0.717) is 12.6 Å². The number of nitrogens with two attached hydrogens (primary N) is 1. The molecule has 0 spiro atoms. The normalized spacial score (nSPS) is 11.4. The molecule has 0 amide bonds. The van der Waals surface area contributed by atoms with Gasteiger partial charge in [0.05, 0.1) is 6.61 Å². The number of rotatable bonds is 8. The summed E-state index contributed by atoms with van der Waals surface area (Å²) >= 11 is 0. The van der Waals surface area contributed by atoms with Crippen molar-refractivity contribution in [2.45, 2.75) is 32.9 Å². The zero-order valence-electron chi connectivity index (χ0n) is 11.9. The van der Waals surface area contributed by atoms with Crippen LogP contribution in [0.5, 0.6) is 0 Å². The van der Waals surface area contributed by atoms with Gasteiger partial charge >= 0.3 is 0 Å². The fraction of sp³-hybridized carbons (Fsp3) is 0.600. The van der Waals surface area contributed by atoms with Crippen LogP contribution in [0.25, 0.3) is 0 Å². The molecule has 102 valence electrons. The lowest BCUT2D eigenvalue weighted by Gasteiger charge is -2.27. The SMILES string of the molecule is COCCN(Cc1ccccc1CCN)C(C)C. The van der Waals surface area contributed by atoms with E-state index in [9.17, 15) is 0 Å². The van der Waals surface area contributed by atoms with E-state index in [1.165, 1.54) is 11.1 Å². The number of nitrogens with zero attached hydrogens (tertiary/aromatic N) is 1. The zero-order chi connectivity index (χ0) is 13.4. The fourth-order valence-corrected chi connectivity index (χ4v) is 2.06. The number of benzene rings is 1. The molecule has 0 atom stereocenters. The maximum Gasteiger partial charge on any atom is 0.0589 e. The third-order valence-corrected chi connectivity index (χ3v) is 3.22. The highest BCUT2D eigenvalue weighted by Gasteiger charge is 2.11. The van der Waals surface area contributed by atoms with Crippen LogP contribution in [0.2, 0.25) is 0 Å². The molecule has 1 aromatic rings. The van der Waals surface area contributed by atoms with Gasteiger partial charge in [-0.3, -0.25) is 4.90 Å². The van der Waals surface area contributed by atoms with Crippen LogP contribution in [-0.2, 0) is 17.7 Å². The Kier molecular flexibility index (Phi) is 6.94. The highest BCUT2D eigenvalue weighted by Crippen LogP contribution is 2.14. The molecule has 1 aromatic carbocycles. The van der Waals surface area contributed by atoms with Crippen LogP contribution in [-0.4, -0.2) is 37.7 Å². The van der Waals surface area contributed by atoms with Crippen molar-refractivity contribution in [3.8, 4) is 0 Å². The number of hydrogen-bond acceptors (Lipinski definition) is 3. The van der Waals surface area contributed by atoms with Crippen molar-refractivity contribution in [1.82, 2.24) is 4.90 Å². The summed E-state index contributed by atoms with van der Waals surface area (Å²) in [5, 5.41) is 0. The Bertz CT molecular complexity index is 339. The van der Waals surface area contributed by atoms with E-state index in [-0.39, 0.29) is 0 Å². The first-order valence-electron chi connectivity index (χ1n) is 6.68. The van der Waals surface area contributed by atoms with E-state index in [1.807, 2.05) is 0 Å². The summed E-state index contributed by atoms with van der Waals surface area (Å²) in [6.45, 7) is 7.86. The quantitative estimate of drug-likeness (QED) is 0.767. The number of hydrogen-bond donors (Lipinski definition) is 1. The predicted molar refractivity (Wildman–Crippen MR) is 76.6 cm³/mol. The Morgan fingerprint density at radius 1 is 1.22 bits per heavy atom. The molecular weight excluding hydrogens is 224 g/mol. The van der Waals surface area contributed by atoms with Crippen molar-refractivity contribution in [1.29, 1.82) is 0 Å². The van der Waals surface area contributed by atoms with Gasteiger partial charge in [-0.15, -0.1) is 0 Å². The second-order valence-electron chi connectivity index (χ2n) is 4.86. The highest BCUT2D eigenvalue weighted by atomic mass is 16.5. The van der Waals surface area contributed by atoms with Crippen LogP contribution in [0.3, 0.4) is 0 Å². The number of ether oxygens (including phenoxy) is 1. The van der Waals surface area contributed by atoms with Gasteiger partial charge in [0.2, 0.25) is 0 Å². The minimum absolute atomic E-state index is 0.520. The molecule has 0 fully saturated rings. The zero-order valence-corrected chi connectivity index (χ0v) is 11.9. The van der Waals surface area contributed by atoms with Crippen molar-refractivity contribution >= 4 is 0 Å². The monoisotopic (exact) mass is 250 g/mol. The standard InChI is InChI=1S/C15H26N2O/c1-13(2)17(10-11-18-3)12-15-7-5-4-6-14(15)8-9-16/h4-7,13H,8-12,16H2,1-3H3. The van der Waals surface area contributed by atoms with Crippen LogP contribution in [0, 0.1) is 0 Å². The molecule has 0 heterocycles. The van der Waals surface area contributed by atoms with Gasteiger partial charge in [-0.25, -0.2) is 0 Å². The van der Waals surface area contributed by atoms with Gasteiger partial charge in [0.25, 0.3) is 0 Å². The summed E-state index contributed by atoms with van der Waals surface area (Å²) in [5.41, 5.74) is 8.41. The Hall–Kier alpha value is -0.900. The second-order valence-corrected chi connectivity index (χ2v) is 4.86. The minimum Gasteiger partial charge on any atom is -0.383 e. The Labute approximate surface area is 111 Å². The Morgan fingerprint density at radius 2 is 1.89 bits per heavy atom. The molecule has 0 aliphatic heterocycles. The van der Waals surface area contributed by atoms with Crippen LogP contribution in [0.1, 0.15) is 25.0 Å². The van der Waals surface area contributed by atoms with E-state index >= 15 is 0 Å². The lowest BCUT2D eigenvalue weighted by Crippen LogP contribution is -2.33. The molecule has 0 radical (unpaired) electrons. The summed E-state index contributed by atoms with van der Waals surface area (Å²) in [7, 11) is 1.75. The number of methoxy groups -OCH3 is 1. The first-order valence-corrected chi connectivity index (χ1v) is 6.68. The lowest BCUT2D eigenvalue weighted by molar-refractivity contribution is 0.125. The molecule has 0 bridgehead atoms. The summed E-state index contributed by atoms with van der Waals surface area (Å²) in [6.07, 6.45) is 0.951. The smallest absolute Gasteiger partial charge is 0.0589 e. The lowest BCUT2D eigenvalue weighted by atomic mass is 10.0. The maximum atomic E-state index is 5.67. The van der Waals surface area contributed by atoms with Crippen molar-refractivity contribution < 1.29 is 4.74 Å². The Balaban J connectivity index is 2.73. The molecule has 1 rings (SSSR count). The van der Waals surface area contributed by atoms with Gasteiger partial charge in [0, 0.05) is 26.2 Å². The molecule has 0 aliphatic carbocycles. The van der Waals surface area contributed by atoms with Crippen LogP contribution >= 0.6 is 0 Å². The largest absolute Gasteiger partial charge is 0.383 e. The van der Waals surface area contributed by atoms with E-state index in [2.05, 4.69) is 43.0 Å². The molecule has 3 nitrogen and oxygen atoms in total. The average Bonchev–Trinajstić information content (AvgIpc) is 2.36. The molecule has 0 aromatic heterocycles. The molecule has 0 aliphatic rings. The predicted octanol–water partition coefficient (Wildman–Crippen LogP) is 2.04. The van der Waals surface area contributed by atoms with E-state index in [1.54, 1.807) is 7.11 Å². The van der Waals surface area contributed by atoms with Gasteiger partial charge in [-0.1, -0.05) is 24.3 Å². The molecular formula is C15H26N2O. The van der Waals surface area contributed by atoms with Gasteiger partial charge in [-0.05, 0) is 37.9 Å². The van der Waals surface area contributed by atoms with Crippen molar-refractivity contribution in [3.05, 3.63) is 35.4 Å². The van der Waals surface area contributed by atoms with Crippen molar-refractivity contribution in [3.63, 3.8) is 0 Å². The summed E-state index contributed by atoms with van der Waals surface area (Å²) in [6, 6.07) is 9.09. The molecule has 0 saturated heterocycles. The maximum absolute atomic E-state index is 5.67. The van der Waals surface area contributed by atoms with Gasteiger partial charge < -0.3 is 10.5 Å². The van der Waals surface area contributed by atoms with Crippen molar-refractivity contribution in [2.75, 3.05) is 26.8 Å². The third-order valence-electron chi connectivity index (χ3n) is 3.22. The first-order chi connectivity index (χ1) is 8.69. The van der Waals surface area contributed by atoms with E-state index in [4.69, 9.17) is 10.5 Å². The van der Waals surface area contributed by atoms with Crippen molar-refractivity contribution in [2.24, 2.45) is 5.73 Å². The minimum atomic E-state index is 0.520. The molecule has 2 N–H and O–H groups in total. The summed E-state index contributed by atoms with van der Waals surface area (Å²) < 4.78 is 5.18. The van der Waals surface area contributed by atoms with E-state index in [0.717, 1.165) is 26.1 Å². The van der Waals surface area contributed by atoms with Gasteiger partial charge in [-0.2, -0.15) is 0 Å². The van der Waals surface area contributed by atoms with Gasteiger partial charge in [0.1, 0.15) is 0 Å². The summed E-state index contributed by atoms with van der Waals surface area (Å²) in [5.74, 6) is 0. The van der Waals surface area contributed by atoms with Crippen LogP contribution in [0.15, 0.2) is 24.3 Å². The topological polar surface area (TPSA) is 38.5 Å². The second kappa shape index (κ2) is 8.25. The van der Waals surface area contributed by atoms with Crippen LogP contribution in [0.4, 0.5) is 0 Å². The highest BCUT2D eigenvalue weighted by molar-refractivity contribution is 5.27. The molecule has 0 unspecified atom stereocenters. The third kappa shape index (κ3) is 4.77. The average molecular weight is 250 g/mol. The molecule has 0 saturated carbocycles. The van der Waals surface area contributed by atoms with Crippen LogP contribution < -0.4 is 5.73 Å². The molecule has 3 heteroatoms. The summed E-state index contributed by atoms with van der Waals surface area (Å²) in [4.78, 5) is 2.43. The first kappa shape index (κ1) is 15.2.